The molecule has 3 amide bonds. The zero-order chi connectivity index (χ0) is 28.8. The van der Waals surface area contributed by atoms with Gasteiger partial charge in [-0.1, -0.05) is 96.7 Å². The zero-order valence-corrected chi connectivity index (χ0v) is 24.9. The van der Waals surface area contributed by atoms with E-state index in [9.17, 15) is 29.4 Å². The predicted molar refractivity (Wildman–Crippen MR) is 154 cm³/mol. The van der Waals surface area contributed by atoms with Crippen LogP contribution < -0.4 is 16.0 Å². The Labute approximate surface area is 234 Å². The van der Waals surface area contributed by atoms with Crippen LogP contribution in [0.5, 0.6) is 0 Å². The highest BCUT2D eigenvalue weighted by Gasteiger charge is 2.32. The molecule has 0 radical (unpaired) electrons. The summed E-state index contributed by atoms with van der Waals surface area (Å²) in [6.07, 6.45) is 12.5. The highest BCUT2D eigenvalue weighted by Crippen LogP contribution is 2.19. The summed E-state index contributed by atoms with van der Waals surface area (Å²) in [5.74, 6) is -0.663. The lowest BCUT2D eigenvalue weighted by atomic mass is 9.87. The van der Waals surface area contributed by atoms with E-state index in [1.54, 1.807) is 20.8 Å². The molecule has 222 valence electrons. The Morgan fingerprint density at radius 2 is 1.34 bits per heavy atom. The summed E-state index contributed by atoms with van der Waals surface area (Å²) in [6, 6.07) is -0.583. The minimum absolute atomic E-state index is 0.0299. The number of carbonyl (C=O) groups is 4. The zero-order valence-electron chi connectivity index (χ0n) is 24.1. The molecule has 2 atom stereocenters. The highest BCUT2D eigenvalue weighted by atomic mass is 32.2. The summed E-state index contributed by atoms with van der Waals surface area (Å²) in [5.41, 5.74) is -0.973. The van der Waals surface area contributed by atoms with Crippen molar-refractivity contribution in [2.24, 2.45) is 5.41 Å². The Morgan fingerprint density at radius 1 is 0.789 bits per heavy atom. The highest BCUT2D eigenvalue weighted by molar-refractivity contribution is 8.13. The summed E-state index contributed by atoms with van der Waals surface area (Å²) in [4.78, 5) is 48.1. The number of aliphatic hydroxyl groups excluding tert-OH is 2. The Bertz CT molecular complexity index is 690. The first-order chi connectivity index (χ1) is 18.0. The average molecular weight is 560 g/mol. The third kappa shape index (κ3) is 18.6. The molecule has 0 spiro atoms. The molecule has 0 aliphatic carbocycles. The molecule has 0 aliphatic heterocycles. The number of hydrogen-bond acceptors (Lipinski definition) is 7. The van der Waals surface area contributed by atoms with Crippen molar-refractivity contribution in [2.75, 3.05) is 25.4 Å². The van der Waals surface area contributed by atoms with E-state index in [4.69, 9.17) is 0 Å². The third-order valence-electron chi connectivity index (χ3n) is 6.45. The molecule has 0 aliphatic rings. The second-order valence-corrected chi connectivity index (χ2v) is 11.8. The lowest BCUT2D eigenvalue weighted by molar-refractivity contribution is -0.137. The normalized spacial score (nSPS) is 13.0. The van der Waals surface area contributed by atoms with E-state index in [2.05, 4.69) is 22.9 Å². The van der Waals surface area contributed by atoms with Crippen LogP contribution in [0.25, 0.3) is 0 Å². The molecule has 0 rings (SSSR count). The van der Waals surface area contributed by atoms with Gasteiger partial charge in [0.1, 0.15) is 6.10 Å². The van der Waals surface area contributed by atoms with E-state index < -0.39 is 23.5 Å². The Balaban J connectivity index is 3.79. The Kier molecular flexibility index (Phi) is 21.2. The molecule has 5 N–H and O–H groups in total. The summed E-state index contributed by atoms with van der Waals surface area (Å²) in [7, 11) is 0. The van der Waals surface area contributed by atoms with Crippen LogP contribution in [0, 0.1) is 5.41 Å². The van der Waals surface area contributed by atoms with Crippen molar-refractivity contribution in [2.45, 2.75) is 123 Å². The van der Waals surface area contributed by atoms with E-state index in [1.165, 1.54) is 51.4 Å². The van der Waals surface area contributed by atoms with Gasteiger partial charge in [-0.05, 0) is 13.3 Å². The van der Waals surface area contributed by atoms with E-state index in [1.807, 2.05) is 0 Å². The molecule has 0 aromatic heterocycles. The third-order valence-corrected chi connectivity index (χ3v) is 7.50. The fraction of sp³-hybridized carbons (Fsp3) is 0.857. The van der Waals surface area contributed by atoms with Crippen molar-refractivity contribution in [3.05, 3.63) is 0 Å². The van der Waals surface area contributed by atoms with Gasteiger partial charge in [-0.2, -0.15) is 0 Å². The van der Waals surface area contributed by atoms with Crippen LogP contribution in [0.4, 0.5) is 0 Å². The van der Waals surface area contributed by atoms with Crippen LogP contribution in [0.2, 0.25) is 0 Å². The molecule has 0 bridgehead atoms. The van der Waals surface area contributed by atoms with Crippen LogP contribution in [-0.4, -0.2) is 70.6 Å². The molecule has 9 nitrogen and oxygen atoms in total. The fourth-order valence-corrected chi connectivity index (χ4v) is 4.43. The molecule has 0 heterocycles. The number of unbranched alkanes of at least 4 members (excludes halogenated alkanes) is 10. The minimum atomic E-state index is -1.37. The monoisotopic (exact) mass is 559 g/mol. The van der Waals surface area contributed by atoms with Gasteiger partial charge in [-0.3, -0.25) is 19.2 Å². The van der Waals surface area contributed by atoms with Gasteiger partial charge in [0.15, 0.2) is 0 Å². The maximum Gasteiger partial charge on any atom is 0.249 e. The second-order valence-electron chi connectivity index (χ2n) is 10.7. The van der Waals surface area contributed by atoms with Gasteiger partial charge in [-0.15, -0.1) is 0 Å². The summed E-state index contributed by atoms with van der Waals surface area (Å²) in [5, 5.41) is 26.9. The number of nitrogens with one attached hydrogen (secondary N) is 3. The van der Waals surface area contributed by atoms with Crippen LogP contribution in [0.1, 0.15) is 111 Å². The van der Waals surface area contributed by atoms with Gasteiger partial charge >= 0.3 is 0 Å². The second kappa shape index (κ2) is 22.2. The molecule has 0 saturated carbocycles. The minimum Gasteiger partial charge on any atom is -0.396 e. The van der Waals surface area contributed by atoms with Crippen LogP contribution in [-0.2, 0) is 19.2 Å². The van der Waals surface area contributed by atoms with Crippen LogP contribution in [0.15, 0.2) is 0 Å². The quantitative estimate of drug-likeness (QED) is 0.121. The van der Waals surface area contributed by atoms with Crippen molar-refractivity contribution in [3.63, 3.8) is 0 Å². The number of carbonyl (C=O) groups excluding carboxylic acids is 4. The van der Waals surface area contributed by atoms with E-state index >= 15 is 0 Å². The van der Waals surface area contributed by atoms with Gasteiger partial charge in [0.05, 0.1) is 12.6 Å². The van der Waals surface area contributed by atoms with Crippen LogP contribution in [0.3, 0.4) is 0 Å². The maximum absolute atomic E-state index is 12.2. The summed E-state index contributed by atoms with van der Waals surface area (Å²) >= 11 is 1.06. The average Bonchev–Trinajstić information content (AvgIpc) is 2.88. The molecule has 10 heteroatoms. The van der Waals surface area contributed by atoms with Gasteiger partial charge in [-0.25, -0.2) is 0 Å². The predicted octanol–water partition coefficient (Wildman–Crippen LogP) is 3.45. The molecule has 0 fully saturated rings. The number of thioether (sulfide) groups is 1. The summed E-state index contributed by atoms with van der Waals surface area (Å²) < 4.78 is 0. The number of amides is 3. The molecule has 0 aromatic rings. The van der Waals surface area contributed by atoms with Gasteiger partial charge in [0.25, 0.3) is 0 Å². The van der Waals surface area contributed by atoms with E-state index in [0.717, 1.165) is 31.0 Å². The standard InChI is InChI=1S/C28H53N3O6S/c1-5-6-7-8-9-10-11-12-13-14-15-16-24(34)31-22(2)27(37)38-20-19-29-23(33)17-18-30-26(36)25(35)28(3,4)21-32/h22,25,32,35H,5-21H2,1-4H3,(H,29,33)(H,30,36)(H,31,34)/t22-,25-/m0/s1. The molecular formula is C28H53N3O6S. The first kappa shape index (κ1) is 36.4. The van der Waals surface area contributed by atoms with Crippen molar-refractivity contribution in [1.29, 1.82) is 0 Å². The number of rotatable bonds is 23. The fourth-order valence-electron chi connectivity index (χ4n) is 3.72. The van der Waals surface area contributed by atoms with Crippen molar-refractivity contribution >= 4 is 34.6 Å². The van der Waals surface area contributed by atoms with Crippen LogP contribution >= 0.6 is 11.8 Å². The first-order valence-electron chi connectivity index (χ1n) is 14.3. The van der Waals surface area contributed by atoms with E-state index in [0.29, 0.717) is 12.2 Å². The molecule has 0 saturated heterocycles. The Morgan fingerprint density at radius 3 is 1.89 bits per heavy atom. The molecule has 38 heavy (non-hydrogen) atoms. The molecular weight excluding hydrogens is 506 g/mol. The largest absolute Gasteiger partial charge is 0.396 e. The number of hydrogen-bond donors (Lipinski definition) is 5. The van der Waals surface area contributed by atoms with E-state index in [-0.39, 0.29) is 43.0 Å². The van der Waals surface area contributed by atoms with Crippen molar-refractivity contribution in [1.82, 2.24) is 16.0 Å². The SMILES string of the molecule is CCCCCCCCCCCCCC(=O)N[C@@H](C)C(=O)SCCNC(=O)CCNC(=O)[C@H](O)C(C)(C)CO. The maximum atomic E-state index is 12.2. The van der Waals surface area contributed by atoms with Crippen molar-refractivity contribution < 1.29 is 29.4 Å². The lowest BCUT2D eigenvalue weighted by Crippen LogP contribution is -2.46. The number of aliphatic hydroxyl groups is 2. The molecule has 0 unspecified atom stereocenters. The first-order valence-corrected chi connectivity index (χ1v) is 15.3. The van der Waals surface area contributed by atoms with Gasteiger partial charge in [0, 0.05) is 37.1 Å². The smallest absolute Gasteiger partial charge is 0.249 e. The molecule has 0 aromatic carbocycles. The van der Waals surface area contributed by atoms with Gasteiger partial charge in [0.2, 0.25) is 22.8 Å². The topological polar surface area (TPSA) is 145 Å². The van der Waals surface area contributed by atoms with Crippen molar-refractivity contribution in [3.8, 4) is 0 Å². The summed E-state index contributed by atoms with van der Waals surface area (Å²) in [6.45, 7) is 7.01. The van der Waals surface area contributed by atoms with Gasteiger partial charge < -0.3 is 26.2 Å². The lowest BCUT2D eigenvalue weighted by Gasteiger charge is -2.27. The Hall–Kier alpha value is -1.65.